The first-order chi connectivity index (χ1) is 30.1. The van der Waals surface area contributed by atoms with Crippen LogP contribution in [0.25, 0.3) is 0 Å². The van der Waals surface area contributed by atoms with Crippen LogP contribution in [0.4, 0.5) is 0 Å². The van der Waals surface area contributed by atoms with Crippen LogP contribution < -0.4 is 26.8 Å². The standard InChI is InChI=1S/C46H69N6O7PS.C2H6/c1-6-16-35(42(56)44(58)48-30-39(55)51-40(32-18-9-7-10-19-32)37(53)29-46(2,3)4)49-43(57)36-22-15-28-52(36)45(59)41(33-20-11-8-12-21-33)50-38(54)23-14-13-17-31-24-26-34(27-25-31)61-60(5)47;1-2/h7,9-10,18-19,24-27,33,35-36,40-42,56H,6,8,11-17,20-23,28-30,47H2,1-5H3,(H,48,58)(H,49,57)(H,50,54)(H,51,55);1-2H3. The molecule has 1 saturated carbocycles. The molecule has 0 aromatic heterocycles. The van der Waals surface area contributed by atoms with Crippen LogP contribution in [0, 0.1) is 11.3 Å². The van der Waals surface area contributed by atoms with E-state index in [1.54, 1.807) is 40.5 Å². The summed E-state index contributed by atoms with van der Waals surface area (Å²) in [6.45, 7) is 13.6. The molecule has 15 heteroatoms. The van der Waals surface area contributed by atoms with Gasteiger partial charge in [-0.15, -0.1) is 0 Å². The van der Waals surface area contributed by atoms with Crippen molar-refractivity contribution in [3.05, 3.63) is 65.7 Å². The van der Waals surface area contributed by atoms with Crippen molar-refractivity contribution in [2.24, 2.45) is 16.8 Å². The molecule has 0 bridgehead atoms. The van der Waals surface area contributed by atoms with Crippen molar-refractivity contribution in [2.45, 2.75) is 167 Å². The first kappa shape index (κ1) is 53.5. The van der Waals surface area contributed by atoms with E-state index in [9.17, 15) is 33.9 Å². The highest BCUT2D eigenvalue weighted by atomic mass is 32.7. The smallest absolute Gasteiger partial charge is 0.251 e. The number of rotatable bonds is 22. The minimum absolute atomic E-state index is 0.0290. The number of carbonyl (C=O) groups is 6. The zero-order valence-corrected chi connectivity index (χ0v) is 40.5. The molecule has 2 aromatic carbocycles. The van der Waals surface area contributed by atoms with Gasteiger partial charge in [-0.2, -0.15) is 0 Å². The number of nitrogens with one attached hydrogen (secondary N) is 4. The van der Waals surface area contributed by atoms with Gasteiger partial charge in [0.1, 0.15) is 18.1 Å². The Morgan fingerprint density at radius 3 is 2.16 bits per heavy atom. The summed E-state index contributed by atoms with van der Waals surface area (Å²) in [6.07, 6.45) is 7.66. The van der Waals surface area contributed by atoms with Crippen LogP contribution >= 0.6 is 18.7 Å². The normalized spacial score (nSPS) is 17.8. The van der Waals surface area contributed by atoms with Crippen LogP contribution in [0.15, 0.2) is 59.5 Å². The fraction of sp³-hybridized carbons (Fsp3) is 0.625. The molecule has 2 aromatic rings. The second-order valence-corrected chi connectivity index (χ2v) is 21.8. The molecule has 7 N–H and O–H groups in total. The van der Waals surface area contributed by atoms with Gasteiger partial charge in [-0.1, -0.05) is 121 Å². The molecule has 2 aliphatic rings. The largest absolute Gasteiger partial charge is 0.381 e. The minimum atomic E-state index is -1.68. The highest BCUT2D eigenvalue weighted by molar-refractivity contribution is 8.54. The van der Waals surface area contributed by atoms with E-state index < -0.39 is 61.8 Å². The van der Waals surface area contributed by atoms with Gasteiger partial charge in [-0.3, -0.25) is 28.8 Å². The summed E-state index contributed by atoms with van der Waals surface area (Å²) >= 11 is 1.67. The zero-order chi connectivity index (χ0) is 46.5. The minimum Gasteiger partial charge on any atom is -0.381 e. The molecule has 1 aliphatic heterocycles. The number of aliphatic hydroxyl groups excluding tert-OH is 1. The summed E-state index contributed by atoms with van der Waals surface area (Å²) in [5.74, 6) is -2.57. The van der Waals surface area contributed by atoms with Crippen molar-refractivity contribution in [1.82, 2.24) is 26.2 Å². The molecule has 6 unspecified atom stereocenters. The SMILES string of the molecule is CC.CCCC(NC(=O)C1CCCN1C(=O)C(NC(=O)CCCCc1ccc(SP(C)N)cc1)C1CCCCC1)C(O)C(=O)NCC(=O)NC(C(=O)CC(C)(C)C)c1ccccc1. The predicted molar refractivity (Wildman–Crippen MR) is 254 cm³/mol. The van der Waals surface area contributed by atoms with E-state index in [0.717, 1.165) is 49.8 Å². The fourth-order valence-corrected chi connectivity index (χ4v) is 10.2. The average Bonchev–Trinajstić information content (AvgIpc) is 3.76. The number of hydrogen-bond acceptors (Lipinski definition) is 9. The first-order valence-corrected chi connectivity index (χ1v) is 26.3. The number of nitrogens with zero attached hydrogens (tertiary/aromatic N) is 1. The Morgan fingerprint density at radius 1 is 0.873 bits per heavy atom. The highest BCUT2D eigenvalue weighted by Crippen LogP contribution is 2.43. The third-order valence-electron chi connectivity index (χ3n) is 11.3. The number of hydrogen-bond donors (Lipinski definition) is 6. The van der Waals surface area contributed by atoms with Gasteiger partial charge < -0.3 is 36.8 Å². The molecule has 0 radical (unpaired) electrons. The first-order valence-electron chi connectivity index (χ1n) is 23.0. The number of likely N-dealkylation sites (tertiary alicyclic amines) is 1. The molecule has 4 rings (SSSR count). The zero-order valence-electron chi connectivity index (χ0n) is 38.8. The van der Waals surface area contributed by atoms with Crippen molar-refractivity contribution < 1.29 is 33.9 Å². The number of Topliss-reactive ketones (excluding diaryl/α,β-unsaturated/α-hetero) is 1. The van der Waals surface area contributed by atoms with Crippen molar-refractivity contribution >= 4 is 54.0 Å². The van der Waals surface area contributed by atoms with Crippen molar-refractivity contribution in [3.8, 4) is 0 Å². The molecular formula is C48H75N6O7PS. The molecule has 6 atom stereocenters. The van der Waals surface area contributed by atoms with Gasteiger partial charge in [-0.25, -0.2) is 0 Å². The average molecular weight is 911 g/mol. The van der Waals surface area contributed by atoms with Gasteiger partial charge in [0, 0.05) is 31.6 Å². The fourth-order valence-electron chi connectivity index (χ4n) is 8.26. The molecule has 0 spiro atoms. The van der Waals surface area contributed by atoms with Crippen molar-refractivity contribution in [2.75, 3.05) is 19.8 Å². The molecule has 1 aliphatic carbocycles. The summed E-state index contributed by atoms with van der Waals surface area (Å²) < 4.78 is 0. The number of ketones is 1. The lowest BCUT2D eigenvalue weighted by atomic mass is 9.83. The number of amides is 5. The quantitative estimate of drug-likeness (QED) is 0.0527. The van der Waals surface area contributed by atoms with Gasteiger partial charge in [0.05, 0.1) is 12.6 Å². The number of aryl methyl sites for hydroxylation is 1. The van der Waals surface area contributed by atoms with Crippen LogP contribution in [0.1, 0.15) is 142 Å². The monoisotopic (exact) mass is 911 g/mol. The van der Waals surface area contributed by atoms with Gasteiger partial charge in [-0.05, 0) is 92.6 Å². The van der Waals surface area contributed by atoms with Gasteiger partial charge in [0.15, 0.2) is 11.9 Å². The number of nitrogens with two attached hydrogens (primary N) is 1. The topological polar surface area (TPSA) is 200 Å². The van der Waals surface area contributed by atoms with Gasteiger partial charge in [0.25, 0.3) is 5.91 Å². The Morgan fingerprint density at radius 2 is 1.54 bits per heavy atom. The molecule has 1 heterocycles. The molecule has 350 valence electrons. The van der Waals surface area contributed by atoms with E-state index in [4.69, 9.17) is 5.50 Å². The number of benzene rings is 2. The Hall–Kier alpha value is -3.84. The van der Waals surface area contributed by atoms with Crippen molar-refractivity contribution in [3.63, 3.8) is 0 Å². The third-order valence-corrected chi connectivity index (χ3v) is 13.6. The van der Waals surface area contributed by atoms with E-state index in [1.165, 1.54) is 5.56 Å². The van der Waals surface area contributed by atoms with Gasteiger partial charge >= 0.3 is 0 Å². The second-order valence-electron chi connectivity index (χ2n) is 17.8. The maximum atomic E-state index is 14.3. The third kappa shape index (κ3) is 18.3. The van der Waals surface area contributed by atoms with E-state index in [-0.39, 0.29) is 41.8 Å². The number of aliphatic hydroxyl groups is 1. The summed E-state index contributed by atoms with van der Waals surface area (Å²) in [7, 11) is -0.573. The lowest BCUT2D eigenvalue weighted by molar-refractivity contribution is -0.144. The Bertz CT molecular complexity index is 1750. The van der Waals surface area contributed by atoms with Crippen LogP contribution in [0.5, 0.6) is 0 Å². The Labute approximate surface area is 381 Å². The summed E-state index contributed by atoms with van der Waals surface area (Å²) in [4.78, 5) is 83.8. The van der Waals surface area contributed by atoms with E-state index in [1.807, 2.05) is 54.3 Å². The summed E-state index contributed by atoms with van der Waals surface area (Å²) in [5.41, 5.74) is 7.47. The maximum Gasteiger partial charge on any atom is 0.251 e. The summed E-state index contributed by atoms with van der Waals surface area (Å²) in [5, 5.41) is 22.3. The van der Waals surface area contributed by atoms with E-state index >= 15 is 0 Å². The van der Waals surface area contributed by atoms with Crippen LogP contribution in [-0.2, 0) is 35.2 Å². The maximum absolute atomic E-state index is 14.3. The van der Waals surface area contributed by atoms with Crippen LogP contribution in [0.2, 0.25) is 0 Å². The van der Waals surface area contributed by atoms with Crippen LogP contribution in [0.3, 0.4) is 0 Å². The predicted octanol–water partition coefficient (Wildman–Crippen LogP) is 7.10. The molecule has 5 amide bonds. The Balaban J connectivity index is 0.00000520. The second kappa shape index (κ2) is 27.5. The Kier molecular flexibility index (Phi) is 23.3. The van der Waals surface area contributed by atoms with Gasteiger partial charge in [0.2, 0.25) is 23.6 Å². The molecular weight excluding hydrogens is 836 g/mol. The molecule has 13 nitrogen and oxygen atoms in total. The lowest BCUT2D eigenvalue weighted by Gasteiger charge is -2.35. The molecule has 2 fully saturated rings. The van der Waals surface area contributed by atoms with Crippen LogP contribution in [-0.4, -0.2) is 89.3 Å². The van der Waals surface area contributed by atoms with E-state index in [2.05, 4.69) is 45.5 Å². The lowest BCUT2D eigenvalue weighted by Crippen LogP contribution is -2.58. The number of carbonyl (C=O) groups excluding carboxylic acids is 6. The summed E-state index contributed by atoms with van der Waals surface area (Å²) in [6, 6.07) is 13.8. The molecule has 1 saturated heterocycles. The highest BCUT2D eigenvalue weighted by Gasteiger charge is 2.42. The molecule has 63 heavy (non-hydrogen) atoms. The van der Waals surface area contributed by atoms with E-state index in [0.29, 0.717) is 44.2 Å². The number of unbranched alkanes of at least 4 members (excludes halogenated alkanes) is 1. The van der Waals surface area contributed by atoms with Crippen molar-refractivity contribution in [1.29, 1.82) is 0 Å².